The standard InChI is InChI=1S/C9H12N2O2/c1-6-4-10-5-11-7(6)9(2,3)8(12)13/h4-5H,1-3H3,(H,12,13). The Morgan fingerprint density at radius 2 is 2.15 bits per heavy atom. The quantitative estimate of drug-likeness (QED) is 0.741. The van der Waals surface area contributed by atoms with Gasteiger partial charge in [-0.15, -0.1) is 0 Å². The molecular weight excluding hydrogens is 168 g/mol. The number of carboxylic acids is 1. The molecule has 0 saturated carbocycles. The summed E-state index contributed by atoms with van der Waals surface area (Å²) in [4.78, 5) is 18.7. The summed E-state index contributed by atoms with van der Waals surface area (Å²) in [5.41, 5.74) is 0.414. The molecule has 1 aromatic rings. The van der Waals surface area contributed by atoms with Crippen molar-refractivity contribution in [3.63, 3.8) is 0 Å². The predicted molar refractivity (Wildman–Crippen MR) is 47.4 cm³/mol. The highest BCUT2D eigenvalue weighted by Crippen LogP contribution is 2.23. The molecule has 4 nitrogen and oxygen atoms in total. The van der Waals surface area contributed by atoms with Crippen LogP contribution >= 0.6 is 0 Å². The smallest absolute Gasteiger partial charge is 0.315 e. The fourth-order valence-corrected chi connectivity index (χ4v) is 1.15. The molecule has 4 heteroatoms. The van der Waals surface area contributed by atoms with E-state index >= 15 is 0 Å². The monoisotopic (exact) mass is 180 g/mol. The van der Waals surface area contributed by atoms with Crippen LogP contribution in [0.4, 0.5) is 0 Å². The van der Waals surface area contributed by atoms with Crippen molar-refractivity contribution in [3.8, 4) is 0 Å². The highest BCUT2D eigenvalue weighted by Gasteiger charge is 2.32. The molecule has 0 atom stereocenters. The van der Waals surface area contributed by atoms with Crippen molar-refractivity contribution in [2.45, 2.75) is 26.2 Å². The molecule has 1 rings (SSSR count). The number of carbonyl (C=O) groups is 1. The van der Waals surface area contributed by atoms with Gasteiger partial charge in [0.25, 0.3) is 0 Å². The lowest BCUT2D eigenvalue weighted by atomic mass is 9.87. The maximum absolute atomic E-state index is 10.9. The molecule has 70 valence electrons. The molecular formula is C9H12N2O2. The van der Waals surface area contributed by atoms with Crippen LogP contribution < -0.4 is 0 Å². The number of hydrogen-bond acceptors (Lipinski definition) is 3. The third-order valence-corrected chi connectivity index (χ3v) is 2.02. The topological polar surface area (TPSA) is 63.1 Å². The van der Waals surface area contributed by atoms with Crippen LogP contribution in [0.1, 0.15) is 25.1 Å². The van der Waals surface area contributed by atoms with Gasteiger partial charge in [0.2, 0.25) is 0 Å². The first-order chi connectivity index (χ1) is 5.96. The summed E-state index contributed by atoms with van der Waals surface area (Å²) < 4.78 is 0. The Hall–Kier alpha value is -1.45. The molecule has 0 radical (unpaired) electrons. The average molecular weight is 180 g/mol. The van der Waals surface area contributed by atoms with Gasteiger partial charge in [-0.2, -0.15) is 0 Å². The number of hydrogen-bond donors (Lipinski definition) is 1. The molecule has 0 amide bonds. The lowest BCUT2D eigenvalue weighted by Gasteiger charge is -2.19. The van der Waals surface area contributed by atoms with E-state index in [9.17, 15) is 4.79 Å². The zero-order chi connectivity index (χ0) is 10.1. The van der Waals surface area contributed by atoms with Crippen molar-refractivity contribution in [2.24, 2.45) is 0 Å². The zero-order valence-corrected chi connectivity index (χ0v) is 7.90. The SMILES string of the molecule is Cc1cncnc1C(C)(C)C(=O)O. The van der Waals surface area contributed by atoms with Gasteiger partial charge >= 0.3 is 5.97 Å². The van der Waals surface area contributed by atoms with Crippen LogP contribution in [0.25, 0.3) is 0 Å². The molecule has 0 saturated heterocycles. The second-order valence-electron chi connectivity index (χ2n) is 3.48. The van der Waals surface area contributed by atoms with E-state index in [0.717, 1.165) is 5.56 Å². The zero-order valence-electron chi connectivity index (χ0n) is 7.90. The Labute approximate surface area is 76.7 Å². The molecule has 0 aromatic carbocycles. The fraction of sp³-hybridized carbons (Fsp3) is 0.444. The number of rotatable bonds is 2. The van der Waals surface area contributed by atoms with E-state index in [0.29, 0.717) is 5.69 Å². The van der Waals surface area contributed by atoms with Crippen LogP contribution in [-0.2, 0) is 10.2 Å². The number of aryl methyl sites for hydroxylation is 1. The Kier molecular flexibility index (Phi) is 2.32. The summed E-state index contributed by atoms with van der Waals surface area (Å²) in [6.07, 6.45) is 2.99. The van der Waals surface area contributed by atoms with E-state index in [1.54, 1.807) is 27.0 Å². The summed E-state index contributed by atoms with van der Waals surface area (Å²) in [6, 6.07) is 0. The van der Waals surface area contributed by atoms with Crippen molar-refractivity contribution in [1.82, 2.24) is 9.97 Å². The normalized spacial score (nSPS) is 11.3. The van der Waals surface area contributed by atoms with Crippen LogP contribution in [0.2, 0.25) is 0 Å². The largest absolute Gasteiger partial charge is 0.481 e. The minimum Gasteiger partial charge on any atom is -0.481 e. The summed E-state index contributed by atoms with van der Waals surface area (Å²) in [5.74, 6) is -0.880. The summed E-state index contributed by atoms with van der Waals surface area (Å²) in [5, 5.41) is 8.96. The van der Waals surface area contributed by atoms with Gasteiger partial charge in [0.1, 0.15) is 11.7 Å². The molecule has 1 N–H and O–H groups in total. The van der Waals surface area contributed by atoms with E-state index in [1.807, 2.05) is 0 Å². The van der Waals surface area contributed by atoms with Gasteiger partial charge in [-0.25, -0.2) is 9.97 Å². The van der Waals surface area contributed by atoms with Crippen molar-refractivity contribution in [1.29, 1.82) is 0 Å². The van der Waals surface area contributed by atoms with Gasteiger partial charge in [-0.05, 0) is 26.3 Å². The van der Waals surface area contributed by atoms with Gasteiger partial charge in [0, 0.05) is 6.20 Å². The molecule has 13 heavy (non-hydrogen) atoms. The van der Waals surface area contributed by atoms with E-state index < -0.39 is 11.4 Å². The van der Waals surface area contributed by atoms with Crippen LogP contribution in [0, 0.1) is 6.92 Å². The second-order valence-corrected chi connectivity index (χ2v) is 3.48. The molecule has 0 aliphatic carbocycles. The average Bonchev–Trinajstić information content (AvgIpc) is 2.04. The lowest BCUT2D eigenvalue weighted by Crippen LogP contribution is -2.30. The first-order valence-electron chi connectivity index (χ1n) is 3.96. The first kappa shape index (κ1) is 9.64. The van der Waals surface area contributed by atoms with Crippen LogP contribution in [0.3, 0.4) is 0 Å². The van der Waals surface area contributed by atoms with Gasteiger partial charge in [-0.3, -0.25) is 4.79 Å². The summed E-state index contributed by atoms with van der Waals surface area (Å²) in [7, 11) is 0. The Bertz CT molecular complexity index is 334. The molecule has 0 bridgehead atoms. The molecule has 1 aromatic heterocycles. The molecule has 0 aliphatic heterocycles. The highest BCUT2D eigenvalue weighted by molar-refractivity contribution is 5.79. The third kappa shape index (κ3) is 1.66. The maximum Gasteiger partial charge on any atom is 0.315 e. The van der Waals surface area contributed by atoms with Gasteiger partial charge in [0.15, 0.2) is 0 Å². The van der Waals surface area contributed by atoms with Crippen molar-refractivity contribution in [3.05, 3.63) is 23.8 Å². The van der Waals surface area contributed by atoms with Crippen molar-refractivity contribution in [2.75, 3.05) is 0 Å². The van der Waals surface area contributed by atoms with Crippen LogP contribution in [-0.4, -0.2) is 21.0 Å². The maximum atomic E-state index is 10.9. The van der Waals surface area contributed by atoms with E-state index in [1.165, 1.54) is 6.33 Å². The highest BCUT2D eigenvalue weighted by atomic mass is 16.4. The molecule has 1 heterocycles. The summed E-state index contributed by atoms with van der Waals surface area (Å²) >= 11 is 0. The van der Waals surface area contributed by atoms with Gasteiger partial charge in [-0.1, -0.05) is 0 Å². The Balaban J connectivity index is 3.22. The fourth-order valence-electron chi connectivity index (χ4n) is 1.15. The third-order valence-electron chi connectivity index (χ3n) is 2.02. The van der Waals surface area contributed by atoms with Gasteiger partial charge < -0.3 is 5.11 Å². The molecule has 0 fully saturated rings. The molecule has 0 spiro atoms. The van der Waals surface area contributed by atoms with E-state index in [2.05, 4.69) is 9.97 Å². The van der Waals surface area contributed by atoms with E-state index in [4.69, 9.17) is 5.11 Å². The molecule has 0 aliphatic rings. The van der Waals surface area contributed by atoms with Crippen LogP contribution in [0.15, 0.2) is 12.5 Å². The minimum atomic E-state index is -0.951. The number of nitrogens with zero attached hydrogens (tertiary/aromatic N) is 2. The first-order valence-corrected chi connectivity index (χ1v) is 3.96. The summed E-state index contributed by atoms with van der Waals surface area (Å²) in [6.45, 7) is 5.06. The predicted octanol–water partition coefficient (Wildman–Crippen LogP) is 1.15. The van der Waals surface area contributed by atoms with Crippen molar-refractivity contribution >= 4 is 5.97 Å². The Morgan fingerprint density at radius 1 is 1.54 bits per heavy atom. The van der Waals surface area contributed by atoms with Crippen LogP contribution in [0.5, 0.6) is 0 Å². The van der Waals surface area contributed by atoms with Crippen molar-refractivity contribution < 1.29 is 9.90 Å². The second kappa shape index (κ2) is 3.12. The lowest BCUT2D eigenvalue weighted by molar-refractivity contribution is -0.142. The number of carboxylic acid groups (broad SMARTS) is 1. The van der Waals surface area contributed by atoms with E-state index in [-0.39, 0.29) is 0 Å². The number of aromatic nitrogens is 2. The number of aliphatic carboxylic acids is 1. The Morgan fingerprint density at radius 3 is 2.62 bits per heavy atom. The molecule has 0 unspecified atom stereocenters. The van der Waals surface area contributed by atoms with Gasteiger partial charge in [0.05, 0.1) is 5.69 Å². The minimum absolute atomic E-state index is 0.565.